The Bertz CT molecular complexity index is 455. The molecule has 1 aromatic rings. The van der Waals surface area contributed by atoms with Gasteiger partial charge in [0.1, 0.15) is 11.8 Å². The summed E-state index contributed by atoms with van der Waals surface area (Å²) < 4.78 is 0. The molecule has 0 radical (unpaired) electrons. The van der Waals surface area contributed by atoms with Crippen LogP contribution in [0.1, 0.15) is 43.7 Å². The van der Waals surface area contributed by atoms with Crippen molar-refractivity contribution in [3.05, 3.63) is 29.6 Å². The molecule has 0 bridgehead atoms. The number of nitriles is 1. The first-order valence-electron chi connectivity index (χ1n) is 6.01. The largest absolute Gasteiger partial charge is 0.350 e. The molecule has 0 spiro atoms. The van der Waals surface area contributed by atoms with Crippen molar-refractivity contribution in [2.24, 2.45) is 11.3 Å². The lowest BCUT2D eigenvalue weighted by Gasteiger charge is -2.29. The SMILES string of the molecule is CC(C)C(C)(C)CNC(=O)c1ccc(C#N)cn1. The standard InChI is InChI=1S/C14H19N3O/c1-10(2)14(3,4)9-17-13(18)12-6-5-11(7-15)8-16-12/h5-6,8,10H,9H2,1-4H3,(H,17,18). The molecular formula is C14H19N3O. The quantitative estimate of drug-likeness (QED) is 0.885. The van der Waals surface area contributed by atoms with Crippen LogP contribution >= 0.6 is 0 Å². The summed E-state index contributed by atoms with van der Waals surface area (Å²) in [6.07, 6.45) is 1.41. The number of aromatic nitrogens is 1. The van der Waals surface area contributed by atoms with Gasteiger partial charge in [0.25, 0.3) is 5.91 Å². The Morgan fingerprint density at radius 2 is 2.17 bits per heavy atom. The molecule has 96 valence electrons. The summed E-state index contributed by atoms with van der Waals surface area (Å²) in [6.45, 7) is 9.09. The van der Waals surface area contributed by atoms with Gasteiger partial charge in [0.2, 0.25) is 0 Å². The van der Waals surface area contributed by atoms with Gasteiger partial charge in [0.05, 0.1) is 5.56 Å². The van der Waals surface area contributed by atoms with Crippen molar-refractivity contribution in [1.29, 1.82) is 5.26 Å². The lowest BCUT2D eigenvalue weighted by atomic mass is 9.81. The summed E-state index contributed by atoms with van der Waals surface area (Å²) in [7, 11) is 0. The van der Waals surface area contributed by atoms with Crippen LogP contribution < -0.4 is 5.32 Å². The molecule has 1 N–H and O–H groups in total. The van der Waals surface area contributed by atoms with Crippen LogP contribution in [0.4, 0.5) is 0 Å². The van der Waals surface area contributed by atoms with Crippen LogP contribution in [0.3, 0.4) is 0 Å². The number of hydrogen-bond donors (Lipinski definition) is 1. The molecule has 0 fully saturated rings. The van der Waals surface area contributed by atoms with Crippen LogP contribution in [0.2, 0.25) is 0 Å². The van der Waals surface area contributed by atoms with E-state index in [0.29, 0.717) is 23.7 Å². The molecule has 1 aromatic heterocycles. The van der Waals surface area contributed by atoms with Gasteiger partial charge in [0, 0.05) is 12.7 Å². The number of pyridine rings is 1. The lowest BCUT2D eigenvalue weighted by molar-refractivity contribution is 0.0920. The van der Waals surface area contributed by atoms with Gasteiger partial charge < -0.3 is 5.32 Å². The second-order valence-corrected chi connectivity index (χ2v) is 5.37. The van der Waals surface area contributed by atoms with Crippen LogP contribution in [-0.2, 0) is 0 Å². The molecular weight excluding hydrogens is 226 g/mol. The molecule has 0 aliphatic heterocycles. The molecule has 1 heterocycles. The highest BCUT2D eigenvalue weighted by atomic mass is 16.1. The first-order chi connectivity index (χ1) is 8.36. The normalized spacial score (nSPS) is 11.1. The number of nitrogens with zero attached hydrogens (tertiary/aromatic N) is 2. The minimum atomic E-state index is -0.201. The van der Waals surface area contributed by atoms with E-state index in [-0.39, 0.29) is 11.3 Å². The molecule has 0 aromatic carbocycles. The smallest absolute Gasteiger partial charge is 0.269 e. The van der Waals surface area contributed by atoms with E-state index in [4.69, 9.17) is 5.26 Å². The van der Waals surface area contributed by atoms with E-state index in [1.807, 2.05) is 6.07 Å². The molecule has 4 heteroatoms. The highest BCUT2D eigenvalue weighted by Crippen LogP contribution is 2.24. The van der Waals surface area contributed by atoms with Gasteiger partial charge in [-0.2, -0.15) is 5.26 Å². The molecule has 0 aliphatic carbocycles. The van der Waals surface area contributed by atoms with Gasteiger partial charge in [-0.05, 0) is 23.5 Å². The van der Waals surface area contributed by atoms with E-state index in [9.17, 15) is 4.79 Å². The van der Waals surface area contributed by atoms with Crippen LogP contribution in [0.5, 0.6) is 0 Å². The Morgan fingerprint density at radius 3 is 2.61 bits per heavy atom. The fourth-order valence-electron chi connectivity index (χ4n) is 1.20. The van der Waals surface area contributed by atoms with Crippen molar-refractivity contribution < 1.29 is 4.79 Å². The number of carbonyl (C=O) groups excluding carboxylic acids is 1. The third-order valence-electron chi connectivity index (χ3n) is 3.39. The highest BCUT2D eigenvalue weighted by Gasteiger charge is 2.23. The first-order valence-corrected chi connectivity index (χ1v) is 6.01. The van der Waals surface area contributed by atoms with Crippen molar-refractivity contribution in [3.8, 4) is 6.07 Å². The lowest BCUT2D eigenvalue weighted by Crippen LogP contribution is -2.37. The summed E-state index contributed by atoms with van der Waals surface area (Å²) in [5.74, 6) is 0.278. The van der Waals surface area contributed by atoms with E-state index in [1.165, 1.54) is 6.20 Å². The number of hydrogen-bond acceptors (Lipinski definition) is 3. The van der Waals surface area contributed by atoms with Crippen molar-refractivity contribution in [3.63, 3.8) is 0 Å². The molecule has 4 nitrogen and oxygen atoms in total. The fourth-order valence-corrected chi connectivity index (χ4v) is 1.20. The average Bonchev–Trinajstić information content (AvgIpc) is 2.36. The second kappa shape index (κ2) is 5.63. The number of rotatable bonds is 4. The third-order valence-corrected chi connectivity index (χ3v) is 3.39. The summed E-state index contributed by atoms with van der Waals surface area (Å²) in [6, 6.07) is 5.13. The number of amides is 1. The zero-order valence-corrected chi connectivity index (χ0v) is 11.3. The molecule has 0 saturated carbocycles. The molecule has 0 saturated heterocycles. The average molecular weight is 245 g/mol. The van der Waals surface area contributed by atoms with E-state index in [2.05, 4.69) is 38.0 Å². The van der Waals surface area contributed by atoms with Crippen molar-refractivity contribution in [2.45, 2.75) is 27.7 Å². The van der Waals surface area contributed by atoms with Crippen molar-refractivity contribution in [1.82, 2.24) is 10.3 Å². The second-order valence-electron chi connectivity index (χ2n) is 5.37. The predicted molar refractivity (Wildman–Crippen MR) is 69.9 cm³/mol. The Morgan fingerprint density at radius 1 is 1.50 bits per heavy atom. The maximum absolute atomic E-state index is 11.9. The monoisotopic (exact) mass is 245 g/mol. The molecule has 1 rings (SSSR count). The fraction of sp³-hybridized carbons (Fsp3) is 0.500. The zero-order valence-electron chi connectivity index (χ0n) is 11.3. The van der Waals surface area contributed by atoms with Crippen molar-refractivity contribution >= 4 is 5.91 Å². The minimum Gasteiger partial charge on any atom is -0.350 e. The van der Waals surface area contributed by atoms with Crippen LogP contribution in [-0.4, -0.2) is 17.4 Å². The number of carbonyl (C=O) groups is 1. The maximum Gasteiger partial charge on any atom is 0.269 e. The summed E-state index contributed by atoms with van der Waals surface area (Å²) in [5.41, 5.74) is 0.838. The third kappa shape index (κ3) is 3.56. The predicted octanol–water partition coefficient (Wildman–Crippen LogP) is 2.37. The van der Waals surface area contributed by atoms with E-state index >= 15 is 0 Å². The Kier molecular flexibility index (Phi) is 4.43. The summed E-state index contributed by atoms with van der Waals surface area (Å²) >= 11 is 0. The Balaban J connectivity index is 2.63. The topological polar surface area (TPSA) is 65.8 Å². The zero-order chi connectivity index (χ0) is 13.8. The van der Waals surface area contributed by atoms with Crippen LogP contribution in [0, 0.1) is 22.7 Å². The Hall–Kier alpha value is -1.89. The molecule has 0 unspecified atom stereocenters. The minimum absolute atomic E-state index is 0.0439. The molecule has 0 atom stereocenters. The van der Waals surface area contributed by atoms with Gasteiger partial charge in [0.15, 0.2) is 0 Å². The molecule has 1 amide bonds. The van der Waals surface area contributed by atoms with Crippen LogP contribution in [0.15, 0.2) is 18.3 Å². The van der Waals surface area contributed by atoms with Gasteiger partial charge in [-0.25, -0.2) is 4.98 Å². The van der Waals surface area contributed by atoms with E-state index in [0.717, 1.165) is 0 Å². The first kappa shape index (κ1) is 14.2. The Labute approximate surface area is 108 Å². The van der Waals surface area contributed by atoms with Gasteiger partial charge in [-0.15, -0.1) is 0 Å². The number of nitrogens with one attached hydrogen (secondary N) is 1. The van der Waals surface area contributed by atoms with Gasteiger partial charge in [-0.1, -0.05) is 27.7 Å². The molecule has 0 aliphatic rings. The summed E-state index contributed by atoms with van der Waals surface area (Å²) in [4.78, 5) is 15.8. The highest BCUT2D eigenvalue weighted by molar-refractivity contribution is 5.92. The van der Waals surface area contributed by atoms with Gasteiger partial charge in [-0.3, -0.25) is 4.79 Å². The van der Waals surface area contributed by atoms with E-state index < -0.39 is 0 Å². The van der Waals surface area contributed by atoms with Gasteiger partial charge >= 0.3 is 0 Å². The van der Waals surface area contributed by atoms with Crippen molar-refractivity contribution in [2.75, 3.05) is 6.54 Å². The molecule has 18 heavy (non-hydrogen) atoms. The summed E-state index contributed by atoms with van der Waals surface area (Å²) in [5, 5.41) is 11.5. The maximum atomic E-state index is 11.9. The van der Waals surface area contributed by atoms with E-state index in [1.54, 1.807) is 12.1 Å². The van der Waals surface area contributed by atoms with Crippen LogP contribution in [0.25, 0.3) is 0 Å².